The van der Waals surface area contributed by atoms with Gasteiger partial charge in [0.25, 0.3) is 0 Å². The third kappa shape index (κ3) is 8.36. The van der Waals surface area contributed by atoms with E-state index in [9.17, 15) is 0 Å². The molecule has 0 spiro atoms. The van der Waals surface area contributed by atoms with Gasteiger partial charge < -0.3 is 20.1 Å². The summed E-state index contributed by atoms with van der Waals surface area (Å²) in [4.78, 5) is 8.85. The van der Waals surface area contributed by atoms with E-state index in [4.69, 9.17) is 9.47 Å². The molecule has 130 valence electrons. The molecule has 1 saturated carbocycles. The summed E-state index contributed by atoms with van der Waals surface area (Å²) in [7, 11) is 1.68. The van der Waals surface area contributed by atoms with Crippen LogP contribution in [-0.2, 0) is 11.3 Å². The number of hydrogen-bond acceptors (Lipinski definition) is 4. The number of nitrogens with zero attached hydrogens (tertiary/aromatic N) is 2. The minimum atomic E-state index is 0. The van der Waals surface area contributed by atoms with Crippen molar-refractivity contribution in [3.05, 3.63) is 23.9 Å². The van der Waals surface area contributed by atoms with Gasteiger partial charge in [-0.25, -0.2) is 9.98 Å². The van der Waals surface area contributed by atoms with Gasteiger partial charge in [0.15, 0.2) is 5.96 Å². The van der Waals surface area contributed by atoms with Crippen molar-refractivity contribution in [1.82, 2.24) is 15.6 Å². The molecular weight excluding hydrogens is 407 g/mol. The zero-order valence-electron chi connectivity index (χ0n) is 13.9. The Balaban J connectivity index is 0.00000264. The topological polar surface area (TPSA) is 67.8 Å². The molecule has 0 atom stereocenters. The molecule has 0 aliphatic heterocycles. The number of nitrogens with one attached hydrogen (secondary N) is 2. The molecule has 2 N–H and O–H groups in total. The second-order valence-electron chi connectivity index (χ2n) is 5.37. The lowest BCUT2D eigenvalue weighted by Crippen LogP contribution is -2.38. The van der Waals surface area contributed by atoms with Gasteiger partial charge in [0.2, 0.25) is 5.88 Å². The predicted octanol–water partition coefficient (Wildman–Crippen LogP) is 2.19. The fraction of sp³-hybridized carbons (Fsp3) is 0.625. The number of rotatable bonds is 9. The van der Waals surface area contributed by atoms with Crippen molar-refractivity contribution in [3.8, 4) is 5.88 Å². The lowest BCUT2D eigenvalue weighted by atomic mass is 10.3. The lowest BCUT2D eigenvalue weighted by molar-refractivity contribution is 0.203. The Bertz CT molecular complexity index is 464. The number of ether oxygens (including phenoxy) is 2. The van der Waals surface area contributed by atoms with Crippen LogP contribution in [0.2, 0.25) is 0 Å². The Morgan fingerprint density at radius 1 is 1.35 bits per heavy atom. The van der Waals surface area contributed by atoms with E-state index in [-0.39, 0.29) is 24.0 Å². The molecule has 1 aromatic rings. The van der Waals surface area contributed by atoms with E-state index in [2.05, 4.69) is 20.6 Å². The quantitative estimate of drug-likeness (QED) is 0.270. The van der Waals surface area contributed by atoms with Crippen molar-refractivity contribution < 1.29 is 9.47 Å². The summed E-state index contributed by atoms with van der Waals surface area (Å²) in [5.74, 6) is 2.23. The Kier molecular flexibility index (Phi) is 9.93. The molecule has 1 aliphatic carbocycles. The van der Waals surface area contributed by atoms with Crippen LogP contribution in [0.25, 0.3) is 0 Å². The van der Waals surface area contributed by atoms with E-state index in [1.807, 2.05) is 25.3 Å². The van der Waals surface area contributed by atoms with Crippen molar-refractivity contribution in [2.24, 2.45) is 10.9 Å². The third-order valence-corrected chi connectivity index (χ3v) is 3.32. The maximum atomic E-state index is 5.63. The van der Waals surface area contributed by atoms with Gasteiger partial charge in [-0.3, -0.25) is 0 Å². The van der Waals surface area contributed by atoms with Gasteiger partial charge in [0.1, 0.15) is 0 Å². The molecule has 0 saturated heterocycles. The van der Waals surface area contributed by atoms with Gasteiger partial charge in [-0.1, -0.05) is 6.07 Å². The molecule has 7 heteroatoms. The highest BCUT2D eigenvalue weighted by Gasteiger charge is 2.21. The fourth-order valence-electron chi connectivity index (χ4n) is 1.86. The molecule has 0 amide bonds. The maximum Gasteiger partial charge on any atom is 0.213 e. The third-order valence-electron chi connectivity index (χ3n) is 3.32. The Hall–Kier alpha value is -1.09. The van der Waals surface area contributed by atoms with E-state index in [1.165, 1.54) is 12.8 Å². The lowest BCUT2D eigenvalue weighted by Gasteiger charge is -2.10. The Morgan fingerprint density at radius 3 is 2.78 bits per heavy atom. The number of guanidine groups is 1. The Morgan fingerprint density at radius 2 is 2.17 bits per heavy atom. The van der Waals surface area contributed by atoms with Crippen molar-refractivity contribution in [2.75, 3.05) is 33.4 Å². The average Bonchev–Trinajstić information content (AvgIpc) is 3.36. The maximum absolute atomic E-state index is 5.63. The van der Waals surface area contributed by atoms with Crippen molar-refractivity contribution in [3.63, 3.8) is 0 Å². The summed E-state index contributed by atoms with van der Waals surface area (Å²) in [5.41, 5.74) is 1.06. The monoisotopic (exact) mass is 434 g/mol. The average molecular weight is 434 g/mol. The van der Waals surface area contributed by atoms with Crippen LogP contribution in [0.4, 0.5) is 0 Å². The second kappa shape index (κ2) is 11.4. The van der Waals surface area contributed by atoms with Crippen LogP contribution in [-0.4, -0.2) is 44.4 Å². The van der Waals surface area contributed by atoms with E-state index >= 15 is 0 Å². The van der Waals surface area contributed by atoms with Crippen molar-refractivity contribution >= 4 is 29.9 Å². The van der Waals surface area contributed by atoms with Crippen molar-refractivity contribution in [1.29, 1.82) is 0 Å². The van der Waals surface area contributed by atoms with Gasteiger partial charge in [0.05, 0.1) is 19.8 Å². The summed E-state index contributed by atoms with van der Waals surface area (Å²) >= 11 is 0. The largest absolute Gasteiger partial charge is 0.477 e. The molecule has 2 rings (SSSR count). The summed E-state index contributed by atoms with van der Waals surface area (Å²) in [6.45, 7) is 5.62. The van der Waals surface area contributed by atoms with Gasteiger partial charge in [-0.2, -0.15) is 0 Å². The fourth-order valence-corrected chi connectivity index (χ4v) is 1.86. The minimum Gasteiger partial charge on any atom is -0.477 e. The molecule has 23 heavy (non-hydrogen) atoms. The molecule has 1 fully saturated rings. The molecule has 0 radical (unpaired) electrons. The summed E-state index contributed by atoms with van der Waals surface area (Å²) < 4.78 is 10.7. The van der Waals surface area contributed by atoms with Gasteiger partial charge in [-0.05, 0) is 31.2 Å². The van der Waals surface area contributed by atoms with Crippen LogP contribution < -0.4 is 15.4 Å². The number of methoxy groups -OCH3 is 1. The normalized spacial score (nSPS) is 14.1. The van der Waals surface area contributed by atoms with Crippen LogP contribution in [0.3, 0.4) is 0 Å². The highest BCUT2D eigenvalue weighted by Crippen LogP contribution is 2.29. The SMILES string of the molecule is CCNC(=NCc1ccc(OCC2CC2)nc1)NCCOC.I. The van der Waals surface area contributed by atoms with Gasteiger partial charge in [-0.15, -0.1) is 24.0 Å². The van der Waals surface area contributed by atoms with Crippen LogP contribution in [0.1, 0.15) is 25.3 Å². The van der Waals surface area contributed by atoms with Crippen molar-refractivity contribution in [2.45, 2.75) is 26.3 Å². The highest BCUT2D eigenvalue weighted by atomic mass is 127. The smallest absolute Gasteiger partial charge is 0.213 e. The molecule has 1 heterocycles. The molecule has 1 aromatic heterocycles. The zero-order valence-corrected chi connectivity index (χ0v) is 16.2. The summed E-state index contributed by atoms with van der Waals surface area (Å²) in [5, 5.41) is 6.41. The number of halogens is 1. The molecular formula is C16H27IN4O2. The Labute approximate surface area is 155 Å². The van der Waals surface area contributed by atoms with Crippen LogP contribution in [0, 0.1) is 5.92 Å². The molecule has 0 unspecified atom stereocenters. The first-order chi connectivity index (χ1) is 10.8. The number of aliphatic imine (C=N–C) groups is 1. The van der Waals surface area contributed by atoms with E-state index in [0.717, 1.165) is 37.1 Å². The van der Waals surface area contributed by atoms with Crippen LogP contribution in [0.5, 0.6) is 5.88 Å². The zero-order chi connectivity index (χ0) is 15.6. The van der Waals surface area contributed by atoms with E-state index in [0.29, 0.717) is 19.0 Å². The molecule has 0 bridgehead atoms. The van der Waals surface area contributed by atoms with Gasteiger partial charge >= 0.3 is 0 Å². The second-order valence-corrected chi connectivity index (χ2v) is 5.37. The molecule has 0 aromatic carbocycles. The van der Waals surface area contributed by atoms with E-state index < -0.39 is 0 Å². The first-order valence-corrected chi connectivity index (χ1v) is 7.90. The number of hydrogen-bond donors (Lipinski definition) is 2. The van der Waals surface area contributed by atoms with Crippen LogP contribution in [0.15, 0.2) is 23.3 Å². The number of aromatic nitrogens is 1. The summed E-state index contributed by atoms with van der Waals surface area (Å²) in [6, 6.07) is 3.93. The first-order valence-electron chi connectivity index (χ1n) is 7.90. The minimum absolute atomic E-state index is 0. The van der Waals surface area contributed by atoms with Gasteiger partial charge in [0, 0.05) is 32.5 Å². The standard InChI is InChI=1S/C16H26N4O2.HI/c1-3-17-16(18-8-9-21-2)20-11-14-6-7-15(19-10-14)22-12-13-4-5-13;/h6-7,10,13H,3-5,8-9,11-12H2,1-2H3,(H2,17,18,20);1H. The predicted molar refractivity (Wildman–Crippen MR) is 103 cm³/mol. The van der Waals surface area contributed by atoms with E-state index in [1.54, 1.807) is 7.11 Å². The highest BCUT2D eigenvalue weighted by molar-refractivity contribution is 14.0. The number of pyridine rings is 1. The van der Waals surface area contributed by atoms with Crippen LogP contribution >= 0.6 is 24.0 Å². The summed E-state index contributed by atoms with van der Waals surface area (Å²) in [6.07, 6.45) is 4.40. The molecule has 1 aliphatic rings. The first kappa shape index (κ1) is 20.0. The molecule has 6 nitrogen and oxygen atoms in total.